The van der Waals surface area contributed by atoms with E-state index in [2.05, 4.69) is 172 Å². The number of aryl methyl sites for hydroxylation is 2. The molecule has 7 aromatic rings. The smallest absolute Gasteiger partial charge is 0.537 e. The fourth-order valence-corrected chi connectivity index (χ4v) is 20.8. The molecule has 1 aliphatic carbocycles. The third-order valence-corrected chi connectivity index (χ3v) is 27.9. The second kappa shape index (κ2) is 32.8. The number of Topliss-reactive ketones (excluding diaryl/α,β-unsaturated/α-hetero) is 1. The third-order valence-electron chi connectivity index (χ3n) is 20.6. The summed E-state index contributed by atoms with van der Waals surface area (Å²) in [6, 6.07) is 35.6. The molecule has 0 saturated carbocycles. The molecule has 24 heteroatoms. The summed E-state index contributed by atoms with van der Waals surface area (Å²) in [5.41, 5.74) is 15.0. The zero-order valence-electron chi connectivity index (χ0n) is 61.6. The minimum absolute atomic E-state index is 0.0192. The molecule has 4 N–H and O–H groups in total. The lowest BCUT2D eigenvalue weighted by atomic mass is 9.77. The van der Waals surface area contributed by atoms with Crippen molar-refractivity contribution in [2.24, 2.45) is 0 Å². The Hall–Kier alpha value is -7.94. The SMILES string of the molecule is C=C(C)C(=O)CCCCN(Cc1cc(S(=O)(=O)N2CCOCC2)ccc1B(O)O)Cc1c2ccccc2c(CN(CCCNC(=O)C(=C)C)Cc2cc(S(=O)(=O)N3CCOCC3)ccc2O[B]O)c2ccc(-c3cc(C4=C5C=CC(=[N+](C)C)C=C5[Si](C)(C)c5cc(N(C)C)ccc54)c(C)cc3C)cc12. The van der Waals surface area contributed by atoms with Crippen LogP contribution >= 0.6 is 0 Å². The number of anilines is 1. The van der Waals surface area contributed by atoms with E-state index in [0.717, 1.165) is 71.9 Å². The number of morpholine rings is 2. The topological polar surface area (TPSA) is 222 Å². The van der Waals surface area contributed by atoms with Crippen molar-refractivity contribution in [3.05, 3.63) is 207 Å². The van der Waals surface area contributed by atoms with E-state index in [1.54, 1.807) is 32.0 Å². The highest BCUT2D eigenvalue weighted by Gasteiger charge is 2.41. The number of carbonyl (C=O) groups excluding carboxylic acids is 2. The minimum Gasteiger partial charge on any atom is -0.537 e. The van der Waals surface area contributed by atoms with Gasteiger partial charge in [0.25, 0.3) is 0 Å². The highest BCUT2D eigenvalue weighted by atomic mass is 32.2. The van der Waals surface area contributed by atoms with Crippen LogP contribution in [0.3, 0.4) is 0 Å². The van der Waals surface area contributed by atoms with Crippen molar-refractivity contribution in [2.75, 3.05) is 105 Å². The molecule has 3 aliphatic heterocycles. The lowest BCUT2D eigenvalue weighted by Crippen LogP contribution is -2.49. The van der Waals surface area contributed by atoms with Gasteiger partial charge in [-0.25, -0.2) is 21.4 Å². The first kappa shape index (κ1) is 77.2. The molecule has 0 unspecified atom stereocenters. The van der Waals surface area contributed by atoms with Crippen molar-refractivity contribution in [1.82, 2.24) is 23.7 Å². The van der Waals surface area contributed by atoms with E-state index in [4.69, 9.17) is 14.1 Å². The van der Waals surface area contributed by atoms with Crippen molar-refractivity contribution < 1.29 is 60.2 Å². The number of nitrogens with one attached hydrogen (secondary N) is 1. The van der Waals surface area contributed by atoms with E-state index in [9.17, 15) is 41.5 Å². The van der Waals surface area contributed by atoms with Crippen molar-refractivity contribution in [3.63, 3.8) is 0 Å². The second-order valence-corrected chi connectivity index (χ2v) is 36.9. The number of benzene rings is 7. The highest BCUT2D eigenvalue weighted by molar-refractivity contribution is 7.89. The zero-order chi connectivity index (χ0) is 74.5. The molecule has 0 atom stereocenters. The molecule has 104 heavy (non-hydrogen) atoms. The number of amides is 1. The van der Waals surface area contributed by atoms with Crippen LogP contribution in [-0.2, 0) is 65.3 Å². The number of sulfonamides is 2. The molecule has 545 valence electrons. The summed E-state index contributed by atoms with van der Waals surface area (Å²) in [6.07, 6.45) is 8.77. The predicted octanol–water partition coefficient (Wildman–Crippen LogP) is 8.85. The lowest BCUT2D eigenvalue weighted by molar-refractivity contribution is -0.462. The molecule has 0 aromatic heterocycles. The number of fused-ring (bicyclic) bond motifs is 4. The van der Waals surface area contributed by atoms with Gasteiger partial charge in [-0.05, 0) is 218 Å². The van der Waals surface area contributed by atoms with Gasteiger partial charge in [0.1, 0.15) is 27.9 Å². The van der Waals surface area contributed by atoms with Gasteiger partial charge in [0.15, 0.2) is 11.5 Å². The monoisotopic (exact) mass is 1460 g/mol. The maximum Gasteiger partial charge on any atom is 0.569 e. The first-order valence-electron chi connectivity index (χ1n) is 35.7. The summed E-state index contributed by atoms with van der Waals surface area (Å²) < 4.78 is 79.5. The van der Waals surface area contributed by atoms with Crippen LogP contribution in [0.1, 0.15) is 84.0 Å². The van der Waals surface area contributed by atoms with E-state index >= 15 is 0 Å². The maximum absolute atomic E-state index is 14.4. The normalized spacial score (nSPS) is 15.6. The Balaban J connectivity index is 1.13. The molecule has 2 fully saturated rings. The van der Waals surface area contributed by atoms with Gasteiger partial charge < -0.3 is 39.4 Å². The number of hydrogen-bond acceptors (Lipinski definition) is 15. The minimum atomic E-state index is -4.04. The average molecular weight is 1460 g/mol. The molecule has 2 saturated heterocycles. The van der Waals surface area contributed by atoms with Gasteiger partial charge in [-0.1, -0.05) is 80.8 Å². The highest BCUT2D eigenvalue weighted by Crippen LogP contribution is 2.46. The Labute approximate surface area is 615 Å². The average Bonchev–Trinajstić information content (AvgIpc) is 0.716. The number of nitrogens with zero attached hydrogens (tertiary/aromatic N) is 6. The Kier molecular flexibility index (Phi) is 24.4. The molecule has 0 spiro atoms. The molecular formula is C80H97B2N7O12S2Si+. The molecule has 1 amide bonds. The van der Waals surface area contributed by atoms with Gasteiger partial charge in [0.05, 0.1) is 36.2 Å². The van der Waals surface area contributed by atoms with E-state index < -0.39 is 35.2 Å². The zero-order valence-corrected chi connectivity index (χ0v) is 64.3. The van der Waals surface area contributed by atoms with Crippen LogP contribution in [0.15, 0.2) is 172 Å². The second-order valence-electron chi connectivity index (χ2n) is 28.7. The first-order valence-corrected chi connectivity index (χ1v) is 41.5. The summed E-state index contributed by atoms with van der Waals surface area (Å²) in [5.74, 6) is -0.0602. The summed E-state index contributed by atoms with van der Waals surface area (Å²) in [6.45, 7) is 24.1. The number of hydrogen-bond donors (Lipinski definition) is 4. The quantitative estimate of drug-likeness (QED) is 0.0113. The Morgan fingerprint density at radius 2 is 1.26 bits per heavy atom. The van der Waals surface area contributed by atoms with E-state index in [1.807, 2.05) is 12.1 Å². The number of unbranched alkanes of at least 4 members (excludes halogenated alkanes) is 1. The van der Waals surface area contributed by atoms with E-state index in [-0.39, 0.29) is 111 Å². The van der Waals surface area contributed by atoms with Gasteiger partial charge in [-0.3, -0.25) is 19.4 Å². The van der Waals surface area contributed by atoms with Crippen LogP contribution in [0.4, 0.5) is 5.69 Å². The third kappa shape index (κ3) is 16.7. The number of ketones is 1. The van der Waals surface area contributed by atoms with Crippen molar-refractivity contribution in [1.29, 1.82) is 0 Å². The Morgan fingerprint density at radius 3 is 1.86 bits per heavy atom. The van der Waals surface area contributed by atoms with Gasteiger partial charge in [-0.2, -0.15) is 8.61 Å². The molecule has 19 nitrogen and oxygen atoms in total. The van der Waals surface area contributed by atoms with Crippen molar-refractivity contribution in [2.45, 2.75) is 102 Å². The summed E-state index contributed by atoms with van der Waals surface area (Å²) in [4.78, 5) is 32.8. The fraction of sp³-hybridized carbons (Fsp3) is 0.362. The van der Waals surface area contributed by atoms with Crippen LogP contribution in [0.5, 0.6) is 5.75 Å². The number of rotatable bonds is 29. The van der Waals surface area contributed by atoms with Crippen LogP contribution in [0.25, 0.3) is 38.2 Å². The molecule has 7 aromatic carbocycles. The van der Waals surface area contributed by atoms with Gasteiger partial charge in [-0.15, -0.1) is 0 Å². The largest absolute Gasteiger partial charge is 0.569 e. The fourth-order valence-electron chi connectivity index (χ4n) is 14.8. The summed E-state index contributed by atoms with van der Waals surface area (Å²) in [7, 11) is -3.35. The predicted molar refractivity (Wildman–Crippen MR) is 419 cm³/mol. The van der Waals surface area contributed by atoms with Crippen LogP contribution in [0, 0.1) is 13.8 Å². The Bertz CT molecular complexity index is 4880. The molecule has 4 aliphatic rings. The van der Waals surface area contributed by atoms with Crippen LogP contribution < -0.4 is 25.5 Å². The van der Waals surface area contributed by atoms with Crippen LogP contribution in [-0.4, -0.2) is 196 Å². The van der Waals surface area contributed by atoms with Gasteiger partial charge >= 0.3 is 14.8 Å². The molecule has 3 heterocycles. The molecular weight excluding hydrogens is 1360 g/mol. The standard InChI is InChI=1S/C80H96B2N7O12S2Si/c1-53(2)75(90)20-15-16-32-86(49-58-43-62(24-29-74(58)82(93)94)102(95,96)88-34-38-99-39-35-88)52-73-65-19-14-13-18-64(65)72(51-87(33-17-31-83-80(91)54(3)4)50-59-44-63(25-30-76(59)101-81-92)103(97,98)89-36-40-100-41-37-89)66-26-21-57(45-71(66)73)69-48-70(56(6)42-55(69)5)79-67-27-22-60(84(7)8)46-77(67)104(11,12)78-47-61(85(9)10)23-28-68(78)79/h13-14,18-19,21-30,42-48,92-94H,1,3,15-17,20,31-41,49-52H2,2,4-12H3/p+1. The number of allylic oxidation sites excluding steroid dienone is 6. The maximum atomic E-state index is 14.4. The van der Waals surface area contributed by atoms with Crippen LogP contribution in [0.2, 0.25) is 13.1 Å². The number of ether oxygens (including phenoxy) is 2. The van der Waals surface area contributed by atoms with Gasteiger partial charge in [0, 0.05) is 115 Å². The summed E-state index contributed by atoms with van der Waals surface area (Å²) in [5, 5.41) is 41.8. The van der Waals surface area contributed by atoms with E-state index in [1.165, 1.54) is 53.9 Å². The Morgan fingerprint density at radius 1 is 0.673 bits per heavy atom. The first-order chi connectivity index (χ1) is 49.6. The van der Waals surface area contributed by atoms with Gasteiger partial charge in [0.2, 0.25) is 26.0 Å². The number of carbonyl (C=O) groups is 2. The lowest BCUT2D eigenvalue weighted by Gasteiger charge is -2.38. The van der Waals surface area contributed by atoms with Crippen molar-refractivity contribution >= 4 is 104 Å². The summed E-state index contributed by atoms with van der Waals surface area (Å²) >= 11 is 0. The van der Waals surface area contributed by atoms with Crippen molar-refractivity contribution in [3.8, 4) is 16.9 Å². The molecule has 0 bridgehead atoms. The molecule has 1 radical (unpaired) electrons. The molecule has 11 rings (SSSR count). The van der Waals surface area contributed by atoms with E-state index in [0.29, 0.717) is 75.4 Å².